The van der Waals surface area contributed by atoms with Crippen LogP contribution in [0.5, 0.6) is 11.6 Å². The van der Waals surface area contributed by atoms with Gasteiger partial charge in [0, 0.05) is 17.3 Å². The van der Waals surface area contributed by atoms with E-state index in [1.165, 1.54) is 6.20 Å². The topological polar surface area (TPSA) is 63.0 Å². The maximum Gasteiger partial charge on any atom is 0.222 e. The van der Waals surface area contributed by atoms with Crippen LogP contribution in [0.25, 0.3) is 0 Å². The summed E-state index contributed by atoms with van der Waals surface area (Å²) in [5.74, 6) is 1.12. The summed E-state index contributed by atoms with van der Waals surface area (Å²) in [6.07, 6.45) is 2.60. The Balaban J connectivity index is 2.17. The van der Waals surface area contributed by atoms with Crippen LogP contribution in [0.3, 0.4) is 0 Å². The molecule has 0 aliphatic heterocycles. The number of carbonyl (C=O) groups is 1. The van der Waals surface area contributed by atoms with Crippen LogP contribution in [0, 0.1) is 18.3 Å². The normalized spacial score (nSPS) is 9.68. The Morgan fingerprint density at radius 3 is 2.68 bits per heavy atom. The van der Waals surface area contributed by atoms with Crippen molar-refractivity contribution >= 4 is 6.29 Å². The molecule has 19 heavy (non-hydrogen) atoms. The van der Waals surface area contributed by atoms with Crippen molar-refractivity contribution in [1.29, 1.82) is 5.26 Å². The minimum absolute atomic E-state index is 0.381. The van der Waals surface area contributed by atoms with E-state index in [2.05, 4.69) is 11.1 Å². The predicted molar refractivity (Wildman–Crippen MR) is 70.2 cm³/mol. The molecule has 1 aromatic heterocycles. The van der Waals surface area contributed by atoms with Gasteiger partial charge in [-0.3, -0.25) is 4.79 Å². The number of aldehydes is 1. The number of pyridine rings is 1. The molecule has 1 aromatic carbocycles. The van der Waals surface area contributed by atoms with E-state index in [-0.39, 0.29) is 0 Å². The third-order valence-electron chi connectivity index (χ3n) is 2.61. The van der Waals surface area contributed by atoms with E-state index in [4.69, 9.17) is 10.00 Å². The van der Waals surface area contributed by atoms with Gasteiger partial charge in [0.25, 0.3) is 0 Å². The van der Waals surface area contributed by atoms with Gasteiger partial charge < -0.3 is 4.74 Å². The lowest BCUT2D eigenvalue weighted by Crippen LogP contribution is -1.93. The average molecular weight is 252 g/mol. The van der Waals surface area contributed by atoms with Crippen molar-refractivity contribution in [2.75, 3.05) is 0 Å². The van der Waals surface area contributed by atoms with E-state index < -0.39 is 0 Å². The molecule has 94 valence electrons. The predicted octanol–water partition coefficient (Wildman–Crippen LogP) is 3.06. The molecule has 0 saturated heterocycles. The summed E-state index contributed by atoms with van der Waals surface area (Å²) >= 11 is 0. The summed E-state index contributed by atoms with van der Waals surface area (Å²) < 4.78 is 5.63. The molecule has 4 nitrogen and oxygen atoms in total. The number of hydrogen-bond donors (Lipinski definition) is 0. The van der Waals surface area contributed by atoms with E-state index >= 15 is 0 Å². The maximum absolute atomic E-state index is 10.6. The van der Waals surface area contributed by atoms with Gasteiger partial charge in [-0.05, 0) is 30.7 Å². The lowest BCUT2D eigenvalue weighted by Gasteiger charge is -2.08. The number of aromatic nitrogens is 1. The summed E-state index contributed by atoms with van der Waals surface area (Å²) in [4.78, 5) is 14.7. The first kappa shape index (κ1) is 12.8. The third-order valence-corrected chi connectivity index (χ3v) is 2.61. The van der Waals surface area contributed by atoms with Gasteiger partial charge in [0.1, 0.15) is 5.75 Å². The average Bonchev–Trinajstić information content (AvgIpc) is 2.43. The fourth-order valence-electron chi connectivity index (χ4n) is 1.63. The van der Waals surface area contributed by atoms with Crippen LogP contribution in [0.15, 0.2) is 36.5 Å². The van der Waals surface area contributed by atoms with Crippen LogP contribution in [0.2, 0.25) is 0 Å². The Morgan fingerprint density at radius 1 is 1.37 bits per heavy atom. The molecule has 0 saturated carbocycles. The highest BCUT2D eigenvalue weighted by Gasteiger charge is 2.04. The molecule has 0 unspecified atom stereocenters. The maximum atomic E-state index is 10.6. The van der Waals surface area contributed by atoms with E-state index in [1.807, 2.05) is 19.1 Å². The van der Waals surface area contributed by atoms with E-state index in [1.54, 1.807) is 18.2 Å². The molecule has 0 aliphatic rings. The smallest absolute Gasteiger partial charge is 0.222 e. The van der Waals surface area contributed by atoms with Crippen molar-refractivity contribution in [2.24, 2.45) is 0 Å². The largest absolute Gasteiger partial charge is 0.439 e. The van der Waals surface area contributed by atoms with E-state index in [0.29, 0.717) is 23.6 Å². The van der Waals surface area contributed by atoms with Crippen LogP contribution in [0.4, 0.5) is 0 Å². The molecule has 2 aromatic rings. The van der Waals surface area contributed by atoms with Crippen molar-refractivity contribution in [2.45, 2.75) is 13.3 Å². The van der Waals surface area contributed by atoms with Crippen molar-refractivity contribution in [3.05, 3.63) is 53.2 Å². The number of nitrogens with zero attached hydrogens (tertiary/aromatic N) is 2. The molecule has 0 spiro atoms. The number of carbonyl (C=O) groups excluding carboxylic acids is 1. The van der Waals surface area contributed by atoms with Crippen molar-refractivity contribution in [1.82, 2.24) is 4.98 Å². The zero-order valence-corrected chi connectivity index (χ0v) is 10.5. The van der Waals surface area contributed by atoms with Crippen molar-refractivity contribution < 1.29 is 9.53 Å². The van der Waals surface area contributed by atoms with Gasteiger partial charge >= 0.3 is 0 Å². The lowest BCUT2D eigenvalue weighted by molar-refractivity contribution is 0.112. The van der Waals surface area contributed by atoms with Crippen LogP contribution in [-0.4, -0.2) is 11.3 Å². The van der Waals surface area contributed by atoms with E-state index in [9.17, 15) is 4.79 Å². The van der Waals surface area contributed by atoms with Crippen molar-refractivity contribution in [3.63, 3.8) is 0 Å². The van der Waals surface area contributed by atoms with Crippen LogP contribution in [-0.2, 0) is 6.42 Å². The second kappa shape index (κ2) is 5.78. The molecule has 0 amide bonds. The molecule has 0 radical (unpaired) electrons. The second-order valence-electron chi connectivity index (χ2n) is 4.09. The molecule has 0 fully saturated rings. The van der Waals surface area contributed by atoms with Gasteiger partial charge in [-0.25, -0.2) is 4.98 Å². The fourth-order valence-corrected chi connectivity index (χ4v) is 1.63. The van der Waals surface area contributed by atoms with Gasteiger partial charge in [-0.15, -0.1) is 0 Å². The van der Waals surface area contributed by atoms with E-state index in [0.717, 1.165) is 17.4 Å². The Bertz CT molecular complexity index is 628. The highest BCUT2D eigenvalue weighted by atomic mass is 16.5. The first-order chi connectivity index (χ1) is 9.22. The van der Waals surface area contributed by atoms with Crippen molar-refractivity contribution in [3.8, 4) is 17.7 Å². The summed E-state index contributed by atoms with van der Waals surface area (Å²) in [7, 11) is 0. The number of ether oxygens (including phenoxy) is 1. The zero-order valence-electron chi connectivity index (χ0n) is 10.5. The number of nitriles is 1. The molecule has 0 atom stereocenters. The molecular weight excluding hydrogens is 240 g/mol. The molecular formula is C15H12N2O2. The zero-order chi connectivity index (χ0) is 13.7. The van der Waals surface area contributed by atoms with Gasteiger partial charge in [0.05, 0.1) is 12.5 Å². The minimum atomic E-state index is 0.381. The summed E-state index contributed by atoms with van der Waals surface area (Å²) in [5, 5.41) is 8.59. The van der Waals surface area contributed by atoms with Crippen LogP contribution in [0.1, 0.15) is 21.5 Å². The standard InChI is InChI=1S/C15H12N2O2/c1-11-8-13(10-18)9-17-15(11)19-14-4-2-12(3-5-14)6-7-16/h2-5,8-10H,6H2,1H3. The second-order valence-corrected chi connectivity index (χ2v) is 4.09. The SMILES string of the molecule is Cc1cc(C=O)cnc1Oc1ccc(CC#N)cc1. The highest BCUT2D eigenvalue weighted by Crippen LogP contribution is 2.23. The number of benzene rings is 1. The quantitative estimate of drug-likeness (QED) is 0.784. The molecule has 2 rings (SSSR count). The summed E-state index contributed by atoms with van der Waals surface area (Å²) in [6, 6.07) is 11.1. The first-order valence-corrected chi connectivity index (χ1v) is 5.78. The van der Waals surface area contributed by atoms with Gasteiger partial charge in [0.2, 0.25) is 5.88 Å². The fraction of sp³-hybridized carbons (Fsp3) is 0.133. The lowest BCUT2D eigenvalue weighted by atomic mass is 10.2. The summed E-state index contributed by atoms with van der Waals surface area (Å²) in [5.41, 5.74) is 2.26. The molecule has 0 N–H and O–H groups in total. The Hall–Kier alpha value is -2.67. The van der Waals surface area contributed by atoms with Crippen LogP contribution >= 0.6 is 0 Å². The Morgan fingerprint density at radius 2 is 2.11 bits per heavy atom. The molecule has 1 heterocycles. The monoisotopic (exact) mass is 252 g/mol. The van der Waals surface area contributed by atoms with Gasteiger partial charge in [0.15, 0.2) is 6.29 Å². The first-order valence-electron chi connectivity index (χ1n) is 5.78. The number of aryl methyl sites for hydroxylation is 1. The highest BCUT2D eigenvalue weighted by molar-refractivity contribution is 5.74. The number of hydrogen-bond acceptors (Lipinski definition) is 4. The number of rotatable bonds is 4. The minimum Gasteiger partial charge on any atom is -0.439 e. The van der Waals surface area contributed by atoms with Crippen LogP contribution < -0.4 is 4.74 Å². The summed E-state index contributed by atoms with van der Waals surface area (Å²) in [6.45, 7) is 1.83. The molecule has 4 heteroatoms. The molecule has 0 bridgehead atoms. The Labute approximate surface area is 111 Å². The van der Waals surface area contributed by atoms with Gasteiger partial charge in [-0.2, -0.15) is 5.26 Å². The Kier molecular flexibility index (Phi) is 3.89. The third kappa shape index (κ3) is 3.17. The van der Waals surface area contributed by atoms with Gasteiger partial charge in [-0.1, -0.05) is 12.1 Å². The molecule has 0 aliphatic carbocycles.